The minimum absolute atomic E-state index is 0.00496. The summed E-state index contributed by atoms with van der Waals surface area (Å²) >= 11 is 5.93. The molecule has 2 saturated heterocycles. The summed E-state index contributed by atoms with van der Waals surface area (Å²) in [4.78, 5) is 42.6. The lowest BCUT2D eigenvalue weighted by atomic mass is 9.96. The Hall–Kier alpha value is -3.01. The van der Waals surface area contributed by atoms with Crippen LogP contribution in [0.3, 0.4) is 0 Å². The van der Waals surface area contributed by atoms with Gasteiger partial charge in [0.2, 0.25) is 5.91 Å². The van der Waals surface area contributed by atoms with E-state index in [9.17, 15) is 18.8 Å². The first-order chi connectivity index (χ1) is 16.8. The Balaban J connectivity index is 1.55. The van der Waals surface area contributed by atoms with Crippen molar-refractivity contribution < 1.29 is 28.2 Å². The van der Waals surface area contributed by atoms with Crippen molar-refractivity contribution in [1.82, 2.24) is 15.1 Å². The molecule has 0 aromatic heterocycles. The van der Waals surface area contributed by atoms with Crippen molar-refractivity contribution >= 4 is 29.3 Å². The normalized spacial score (nSPS) is 19.1. The van der Waals surface area contributed by atoms with Crippen LogP contribution < -0.4 is 5.32 Å². The van der Waals surface area contributed by atoms with E-state index in [1.165, 1.54) is 30.2 Å². The van der Waals surface area contributed by atoms with Crippen molar-refractivity contribution in [3.8, 4) is 0 Å². The molecule has 8 nitrogen and oxygen atoms in total. The van der Waals surface area contributed by atoms with Crippen LogP contribution in [0.5, 0.6) is 0 Å². The second-order valence-corrected chi connectivity index (χ2v) is 8.98. The number of benzene rings is 2. The number of amides is 3. The quantitative estimate of drug-likeness (QED) is 0.612. The third-order valence-corrected chi connectivity index (χ3v) is 6.63. The predicted molar refractivity (Wildman–Crippen MR) is 127 cm³/mol. The number of carbonyl (C=O) groups excluding carboxylic acids is 3. The molecule has 2 fully saturated rings. The zero-order valence-electron chi connectivity index (χ0n) is 19.3. The van der Waals surface area contributed by atoms with Crippen LogP contribution >= 0.6 is 11.6 Å². The van der Waals surface area contributed by atoms with Crippen molar-refractivity contribution in [3.63, 3.8) is 0 Å². The van der Waals surface area contributed by atoms with Crippen LogP contribution in [0.2, 0.25) is 5.02 Å². The summed E-state index contributed by atoms with van der Waals surface area (Å²) < 4.78 is 25.0. The lowest BCUT2D eigenvalue weighted by Gasteiger charge is -2.44. The number of hydrogen-bond acceptors (Lipinski definition) is 5. The molecule has 10 heteroatoms. The molecule has 1 atom stereocenters. The molecular weight excluding hydrogens is 477 g/mol. The number of likely N-dealkylation sites (tertiary alicyclic amines) is 1. The molecule has 1 N–H and O–H groups in total. The first kappa shape index (κ1) is 25.1. The van der Waals surface area contributed by atoms with Gasteiger partial charge in [-0.3, -0.25) is 19.3 Å². The maximum absolute atomic E-state index is 13.9. The van der Waals surface area contributed by atoms with Crippen molar-refractivity contribution in [2.45, 2.75) is 24.6 Å². The average molecular weight is 504 g/mol. The summed E-state index contributed by atoms with van der Waals surface area (Å²) in [5.74, 6) is -1.56. The van der Waals surface area contributed by atoms with Gasteiger partial charge in [0.25, 0.3) is 11.8 Å². The maximum atomic E-state index is 13.9. The molecule has 0 radical (unpaired) electrons. The Morgan fingerprint density at radius 3 is 2.49 bits per heavy atom. The molecule has 2 aliphatic rings. The maximum Gasteiger partial charge on any atom is 0.256 e. The summed E-state index contributed by atoms with van der Waals surface area (Å²) in [6, 6.07) is 11.1. The van der Waals surface area contributed by atoms with Gasteiger partial charge in [0.15, 0.2) is 0 Å². The lowest BCUT2D eigenvalue weighted by Crippen LogP contribution is -2.60. The minimum atomic E-state index is -1.08. The Kier molecular flexibility index (Phi) is 7.69. The van der Waals surface area contributed by atoms with Crippen LogP contribution in [0.15, 0.2) is 48.5 Å². The molecule has 1 spiro atoms. The van der Waals surface area contributed by atoms with Crippen LogP contribution in [-0.4, -0.2) is 79.2 Å². The van der Waals surface area contributed by atoms with E-state index in [0.717, 1.165) is 6.07 Å². The summed E-state index contributed by atoms with van der Waals surface area (Å²) in [6.07, 6.45) is 0.629. The van der Waals surface area contributed by atoms with Crippen LogP contribution in [0.25, 0.3) is 0 Å². The summed E-state index contributed by atoms with van der Waals surface area (Å²) in [5, 5.41) is 3.30. The second kappa shape index (κ2) is 10.7. The van der Waals surface area contributed by atoms with Crippen LogP contribution in [0.4, 0.5) is 4.39 Å². The number of carbonyl (C=O) groups is 3. The van der Waals surface area contributed by atoms with E-state index >= 15 is 0 Å². The van der Waals surface area contributed by atoms with E-state index in [1.54, 1.807) is 29.2 Å². The zero-order valence-corrected chi connectivity index (χ0v) is 20.1. The van der Waals surface area contributed by atoms with Gasteiger partial charge in [0.1, 0.15) is 17.6 Å². The van der Waals surface area contributed by atoms with Gasteiger partial charge in [0, 0.05) is 55.7 Å². The summed E-state index contributed by atoms with van der Waals surface area (Å²) in [6.45, 7) is 1.26. The Morgan fingerprint density at radius 2 is 1.83 bits per heavy atom. The Labute approximate surface area is 207 Å². The fourth-order valence-corrected chi connectivity index (χ4v) is 4.68. The fourth-order valence-electron chi connectivity index (χ4n) is 4.56. The van der Waals surface area contributed by atoms with Crippen LogP contribution in [0.1, 0.15) is 33.6 Å². The topological polar surface area (TPSA) is 88.2 Å². The summed E-state index contributed by atoms with van der Waals surface area (Å²) in [5.41, 5.74) is -0.436. The molecule has 2 aliphatic heterocycles. The molecule has 0 unspecified atom stereocenters. The van der Waals surface area contributed by atoms with Gasteiger partial charge in [-0.2, -0.15) is 0 Å². The molecule has 0 saturated carbocycles. The molecular formula is C25H27ClFN3O5. The van der Waals surface area contributed by atoms with E-state index < -0.39 is 23.5 Å². The minimum Gasteiger partial charge on any atom is -0.383 e. The second-order valence-electron chi connectivity index (χ2n) is 8.54. The van der Waals surface area contributed by atoms with Crippen molar-refractivity contribution in [2.75, 3.05) is 40.0 Å². The van der Waals surface area contributed by atoms with E-state index in [2.05, 4.69) is 5.32 Å². The number of piperidine rings is 1. The van der Waals surface area contributed by atoms with Gasteiger partial charge in [-0.05, 0) is 42.5 Å². The van der Waals surface area contributed by atoms with Crippen LogP contribution in [0, 0.1) is 5.82 Å². The van der Waals surface area contributed by atoms with Gasteiger partial charge in [-0.25, -0.2) is 4.39 Å². The SMILES string of the molecule is COCCNC(=O)[C@H]1COC2(CCN(C(=O)c3ccc(Cl)cc3)CC2)N1C(=O)c1cccc(F)c1. The van der Waals surface area contributed by atoms with Gasteiger partial charge >= 0.3 is 0 Å². The van der Waals surface area contributed by atoms with Crippen molar-refractivity contribution in [2.24, 2.45) is 0 Å². The molecule has 4 rings (SSSR count). The standard InChI is InChI=1S/C25H27ClFN3O5/c1-34-14-11-28-22(31)21-16-35-25(30(21)24(33)18-3-2-4-20(27)15-18)9-12-29(13-10-25)23(32)17-5-7-19(26)8-6-17/h2-8,15,21H,9-14,16H2,1H3,(H,28,31)/t21-/m1/s1. The predicted octanol–water partition coefficient (Wildman–Crippen LogP) is 2.72. The monoisotopic (exact) mass is 503 g/mol. The highest BCUT2D eigenvalue weighted by atomic mass is 35.5. The highest BCUT2D eigenvalue weighted by molar-refractivity contribution is 6.30. The third kappa shape index (κ3) is 5.32. The lowest BCUT2D eigenvalue weighted by molar-refractivity contribution is -0.128. The highest BCUT2D eigenvalue weighted by Gasteiger charge is 2.54. The first-order valence-electron chi connectivity index (χ1n) is 11.4. The average Bonchev–Trinajstić information content (AvgIpc) is 3.22. The Bertz CT molecular complexity index is 1090. The number of rotatable bonds is 6. The number of nitrogens with zero attached hydrogens (tertiary/aromatic N) is 2. The number of ether oxygens (including phenoxy) is 2. The molecule has 2 aromatic carbocycles. The van der Waals surface area contributed by atoms with Crippen LogP contribution in [-0.2, 0) is 14.3 Å². The van der Waals surface area contributed by atoms with E-state index in [-0.39, 0.29) is 30.5 Å². The molecule has 35 heavy (non-hydrogen) atoms. The fraction of sp³-hybridized carbons (Fsp3) is 0.400. The zero-order chi connectivity index (χ0) is 25.0. The summed E-state index contributed by atoms with van der Waals surface area (Å²) in [7, 11) is 1.53. The molecule has 2 heterocycles. The van der Waals surface area contributed by atoms with Gasteiger partial charge in [-0.15, -0.1) is 0 Å². The first-order valence-corrected chi connectivity index (χ1v) is 11.8. The van der Waals surface area contributed by atoms with E-state index in [1.807, 2.05) is 0 Å². The van der Waals surface area contributed by atoms with E-state index in [4.69, 9.17) is 21.1 Å². The molecule has 186 valence electrons. The molecule has 0 aliphatic carbocycles. The van der Waals surface area contributed by atoms with Gasteiger partial charge < -0.3 is 19.7 Å². The Morgan fingerprint density at radius 1 is 1.11 bits per heavy atom. The van der Waals surface area contributed by atoms with E-state index in [0.29, 0.717) is 43.1 Å². The molecule has 3 amide bonds. The van der Waals surface area contributed by atoms with Gasteiger partial charge in [-0.1, -0.05) is 17.7 Å². The number of nitrogens with one attached hydrogen (secondary N) is 1. The largest absolute Gasteiger partial charge is 0.383 e. The van der Waals surface area contributed by atoms with Crippen molar-refractivity contribution in [1.29, 1.82) is 0 Å². The molecule has 2 aromatic rings. The number of halogens is 2. The van der Waals surface area contributed by atoms with Crippen molar-refractivity contribution in [3.05, 3.63) is 70.5 Å². The van der Waals surface area contributed by atoms with Gasteiger partial charge in [0.05, 0.1) is 13.2 Å². The molecule has 0 bridgehead atoms. The number of methoxy groups -OCH3 is 1. The smallest absolute Gasteiger partial charge is 0.256 e. The number of hydrogen-bond donors (Lipinski definition) is 1. The highest BCUT2D eigenvalue weighted by Crippen LogP contribution is 2.39. The third-order valence-electron chi connectivity index (χ3n) is 6.38.